The summed E-state index contributed by atoms with van der Waals surface area (Å²) in [7, 11) is -3.86. The van der Waals surface area contributed by atoms with Gasteiger partial charge < -0.3 is 20.7 Å². The number of nitrogens with two attached hydrogens (primary N) is 1. The van der Waals surface area contributed by atoms with E-state index in [1.807, 2.05) is 0 Å². The molecule has 1 heterocycles. The third-order valence-electron chi connectivity index (χ3n) is 3.20. The Bertz CT molecular complexity index is 445. The van der Waals surface area contributed by atoms with E-state index in [-0.39, 0.29) is 29.6 Å². The summed E-state index contributed by atoms with van der Waals surface area (Å²) >= 11 is 0. The summed E-state index contributed by atoms with van der Waals surface area (Å²) in [5.74, 6) is -7.23. The summed E-state index contributed by atoms with van der Waals surface area (Å²) < 4.78 is 23.0. The number of carbonyl (C=O) groups excluding carboxylic acids is 1. The quantitative estimate of drug-likeness (QED) is 0.469. The molecule has 1 saturated heterocycles. The predicted octanol–water partition coefficient (Wildman–Crippen LogP) is -6.23. The Morgan fingerprint density at radius 3 is 2.25 bits per heavy atom. The first-order chi connectivity index (χ1) is 6.73. The second-order valence-electron chi connectivity index (χ2n) is 3.90. The van der Waals surface area contributed by atoms with E-state index < -0.39 is 50.2 Å². The van der Waals surface area contributed by atoms with Crippen molar-refractivity contribution in [1.29, 1.82) is 0 Å². The van der Waals surface area contributed by atoms with Gasteiger partial charge in [0, 0.05) is 17.8 Å². The number of sulfone groups is 1. The molecule has 3 N–H and O–H groups in total. The number of rotatable bonds is 2. The van der Waals surface area contributed by atoms with Gasteiger partial charge in [0.2, 0.25) is 0 Å². The van der Waals surface area contributed by atoms with Gasteiger partial charge in [-0.2, -0.15) is 0 Å². The minimum absolute atomic E-state index is 0. The molecule has 2 aliphatic rings. The van der Waals surface area contributed by atoms with E-state index in [9.17, 15) is 23.1 Å². The fraction of sp³-hybridized carbons (Fsp3) is 0.714. The zero-order chi connectivity index (χ0) is 11.6. The van der Waals surface area contributed by atoms with E-state index in [1.54, 1.807) is 0 Å². The van der Waals surface area contributed by atoms with Crippen LogP contribution in [0.3, 0.4) is 0 Å². The van der Waals surface area contributed by atoms with Crippen molar-refractivity contribution >= 4 is 21.8 Å². The number of aliphatic carboxylic acids is 2. The first-order valence-electron chi connectivity index (χ1n) is 4.18. The van der Waals surface area contributed by atoms with Crippen molar-refractivity contribution in [2.75, 3.05) is 5.75 Å². The average Bonchev–Trinajstić information content (AvgIpc) is 2.63. The first-order valence-corrected chi connectivity index (χ1v) is 5.83. The maximum atomic E-state index is 11.5. The Balaban J connectivity index is 0.00000128. The molecule has 16 heavy (non-hydrogen) atoms. The van der Waals surface area contributed by atoms with Gasteiger partial charge in [0.05, 0.1) is 11.7 Å². The van der Waals surface area contributed by atoms with Crippen molar-refractivity contribution in [3.63, 3.8) is 0 Å². The molecule has 84 valence electrons. The molecule has 1 aliphatic heterocycles. The zero-order valence-corrected chi connectivity index (χ0v) is 11.2. The SMILES string of the molecule is NC12C(C(=O)O)C1C(C(=O)[O-])CS2(=O)=O.[Na+]. The van der Waals surface area contributed by atoms with Crippen molar-refractivity contribution < 1.29 is 57.8 Å². The number of hydrogen-bond donors (Lipinski definition) is 2. The molecule has 0 aromatic carbocycles. The zero-order valence-electron chi connectivity index (χ0n) is 8.41. The predicted molar refractivity (Wildman–Crippen MR) is 43.8 cm³/mol. The molecule has 4 atom stereocenters. The first kappa shape index (κ1) is 13.9. The maximum Gasteiger partial charge on any atom is 1.00 e. The Hall–Kier alpha value is -0.150. The summed E-state index contributed by atoms with van der Waals surface area (Å²) in [5, 5.41) is 19.3. The fourth-order valence-corrected chi connectivity index (χ4v) is 4.79. The number of carbonyl (C=O) groups is 2. The molecular weight excluding hydrogens is 249 g/mol. The molecule has 0 radical (unpaired) electrons. The van der Waals surface area contributed by atoms with E-state index in [4.69, 9.17) is 10.8 Å². The molecule has 0 bridgehead atoms. The molecular formula is C7H8NNaO6S. The normalized spacial score (nSPS) is 42.9. The van der Waals surface area contributed by atoms with E-state index in [0.29, 0.717) is 0 Å². The van der Waals surface area contributed by atoms with Gasteiger partial charge >= 0.3 is 35.5 Å². The Labute approximate surface area is 113 Å². The third-order valence-corrected chi connectivity index (χ3v) is 5.60. The van der Waals surface area contributed by atoms with Gasteiger partial charge in [-0.1, -0.05) is 0 Å². The maximum absolute atomic E-state index is 11.5. The van der Waals surface area contributed by atoms with Crippen molar-refractivity contribution in [3.8, 4) is 0 Å². The Morgan fingerprint density at radius 2 is 1.94 bits per heavy atom. The Morgan fingerprint density at radius 1 is 1.44 bits per heavy atom. The van der Waals surface area contributed by atoms with Crippen LogP contribution in [-0.4, -0.2) is 36.1 Å². The van der Waals surface area contributed by atoms with Crippen LogP contribution in [0.25, 0.3) is 0 Å². The molecule has 1 saturated carbocycles. The van der Waals surface area contributed by atoms with E-state index in [1.165, 1.54) is 0 Å². The van der Waals surface area contributed by atoms with Crippen molar-refractivity contribution in [1.82, 2.24) is 0 Å². The monoisotopic (exact) mass is 257 g/mol. The Kier molecular flexibility index (Phi) is 3.19. The second-order valence-corrected chi connectivity index (χ2v) is 6.17. The van der Waals surface area contributed by atoms with Crippen LogP contribution >= 0.6 is 0 Å². The summed E-state index contributed by atoms with van der Waals surface area (Å²) in [6.45, 7) is 0. The minimum Gasteiger partial charge on any atom is -0.550 e. The van der Waals surface area contributed by atoms with Crippen LogP contribution < -0.4 is 40.4 Å². The van der Waals surface area contributed by atoms with Crippen LogP contribution in [0, 0.1) is 17.8 Å². The van der Waals surface area contributed by atoms with E-state index in [0.717, 1.165) is 0 Å². The summed E-state index contributed by atoms with van der Waals surface area (Å²) in [5.41, 5.74) is 5.44. The van der Waals surface area contributed by atoms with Crippen LogP contribution in [0.1, 0.15) is 0 Å². The largest absolute Gasteiger partial charge is 1.00 e. The van der Waals surface area contributed by atoms with Gasteiger partial charge in [0.1, 0.15) is 4.87 Å². The van der Waals surface area contributed by atoms with Gasteiger partial charge in [-0.25, -0.2) is 8.42 Å². The number of hydrogen-bond acceptors (Lipinski definition) is 6. The fourth-order valence-electron chi connectivity index (χ4n) is 2.40. The molecule has 0 aromatic heterocycles. The molecule has 7 nitrogen and oxygen atoms in total. The topological polar surface area (TPSA) is 138 Å². The van der Waals surface area contributed by atoms with Crippen molar-refractivity contribution in [3.05, 3.63) is 0 Å². The molecule has 4 unspecified atom stereocenters. The van der Waals surface area contributed by atoms with Gasteiger partial charge in [-0.05, 0) is 0 Å². The van der Waals surface area contributed by atoms with Gasteiger partial charge in [0.15, 0.2) is 9.84 Å². The summed E-state index contributed by atoms with van der Waals surface area (Å²) in [4.78, 5) is 19.4. The van der Waals surface area contributed by atoms with Gasteiger partial charge in [0.25, 0.3) is 0 Å². The molecule has 2 fully saturated rings. The van der Waals surface area contributed by atoms with Gasteiger partial charge in [-0.3, -0.25) is 4.79 Å². The molecule has 0 amide bonds. The molecule has 0 aromatic rings. The van der Waals surface area contributed by atoms with Crippen molar-refractivity contribution in [2.45, 2.75) is 4.87 Å². The van der Waals surface area contributed by atoms with Gasteiger partial charge in [-0.15, -0.1) is 0 Å². The van der Waals surface area contributed by atoms with Crippen LogP contribution in [0.15, 0.2) is 0 Å². The standard InChI is InChI=1S/C7H9NO6S.Na/c8-7-3(4(7)6(11)12)2(5(9)10)1-15(7,13)14;/h2-4H,1,8H2,(H,9,10)(H,11,12);/q;+1/p-1. The van der Waals surface area contributed by atoms with Crippen LogP contribution in [-0.2, 0) is 19.4 Å². The van der Waals surface area contributed by atoms with Crippen LogP contribution in [0.2, 0.25) is 0 Å². The third kappa shape index (κ3) is 1.44. The van der Waals surface area contributed by atoms with E-state index in [2.05, 4.69) is 0 Å². The molecule has 2 rings (SSSR count). The minimum atomic E-state index is -3.86. The smallest absolute Gasteiger partial charge is 0.550 e. The van der Waals surface area contributed by atoms with E-state index >= 15 is 0 Å². The number of fused-ring (bicyclic) bond motifs is 1. The van der Waals surface area contributed by atoms with Crippen LogP contribution in [0.5, 0.6) is 0 Å². The second kappa shape index (κ2) is 3.67. The average molecular weight is 257 g/mol. The van der Waals surface area contributed by atoms with Crippen LogP contribution in [0.4, 0.5) is 0 Å². The summed E-state index contributed by atoms with van der Waals surface area (Å²) in [6, 6.07) is 0. The molecule has 0 spiro atoms. The molecule has 1 aliphatic carbocycles. The number of carboxylic acids is 2. The summed E-state index contributed by atoms with van der Waals surface area (Å²) in [6.07, 6.45) is 0. The van der Waals surface area contributed by atoms with Crippen molar-refractivity contribution in [2.24, 2.45) is 23.5 Å². The number of carboxylic acid groups (broad SMARTS) is 2. The molecule has 9 heteroatoms.